The summed E-state index contributed by atoms with van der Waals surface area (Å²) < 4.78 is 4.90. The normalized spacial score (nSPS) is 13.0. The van der Waals surface area contributed by atoms with Crippen molar-refractivity contribution in [2.75, 3.05) is 33.0 Å². The Balaban J connectivity index is 2.56. The monoisotopic (exact) mass is 238 g/mol. The number of aliphatic hydroxyl groups excluding tert-OH is 1. The molecule has 0 saturated carbocycles. The third-order valence-electron chi connectivity index (χ3n) is 2.81. The molecule has 1 rings (SSSR count). The molecule has 1 aromatic carbocycles. The van der Waals surface area contributed by atoms with Gasteiger partial charge >= 0.3 is 0 Å². The average Bonchev–Trinajstić information content (AvgIpc) is 2.25. The van der Waals surface area contributed by atoms with Crippen molar-refractivity contribution in [3.8, 4) is 0 Å². The number of hydrogen-bond donors (Lipinski definition) is 2. The molecule has 0 aliphatic rings. The second kappa shape index (κ2) is 6.59. The van der Waals surface area contributed by atoms with Gasteiger partial charge in [0.1, 0.15) is 0 Å². The number of likely N-dealkylation sites (N-methyl/N-ethyl adjacent to an activating group) is 1. The lowest BCUT2D eigenvalue weighted by molar-refractivity contribution is 0.0418. The zero-order valence-electron chi connectivity index (χ0n) is 10.8. The fourth-order valence-electron chi connectivity index (χ4n) is 1.83. The van der Waals surface area contributed by atoms with Crippen molar-refractivity contribution < 1.29 is 9.84 Å². The van der Waals surface area contributed by atoms with Gasteiger partial charge in [0, 0.05) is 25.9 Å². The van der Waals surface area contributed by atoms with Crippen LogP contribution in [0.5, 0.6) is 0 Å². The molecule has 0 bridgehead atoms. The van der Waals surface area contributed by atoms with E-state index < -0.39 is 6.10 Å². The maximum Gasteiger partial charge on any atom is 0.0900 e. The van der Waals surface area contributed by atoms with E-state index in [4.69, 9.17) is 10.5 Å². The van der Waals surface area contributed by atoms with Crippen LogP contribution >= 0.6 is 0 Å². The predicted molar refractivity (Wildman–Crippen MR) is 69.8 cm³/mol. The lowest BCUT2D eigenvalue weighted by Crippen LogP contribution is -2.31. The van der Waals surface area contributed by atoms with Gasteiger partial charge in [-0.1, -0.05) is 12.1 Å². The Bertz CT molecular complexity index is 355. The minimum atomic E-state index is -0.452. The number of nitrogens with zero attached hydrogens (tertiary/aromatic N) is 1. The predicted octanol–water partition coefficient (Wildman–Crippen LogP) is 1.02. The van der Waals surface area contributed by atoms with Gasteiger partial charge in [0.2, 0.25) is 0 Å². The van der Waals surface area contributed by atoms with E-state index in [9.17, 15) is 5.11 Å². The maximum absolute atomic E-state index is 9.63. The van der Waals surface area contributed by atoms with Crippen molar-refractivity contribution in [3.05, 3.63) is 29.3 Å². The van der Waals surface area contributed by atoms with Crippen LogP contribution in [0.15, 0.2) is 18.2 Å². The molecule has 4 heteroatoms. The van der Waals surface area contributed by atoms with Crippen LogP contribution in [0, 0.1) is 6.92 Å². The van der Waals surface area contributed by atoms with Crippen molar-refractivity contribution >= 4 is 5.69 Å². The Hall–Kier alpha value is -1.10. The summed E-state index contributed by atoms with van der Waals surface area (Å²) in [5.74, 6) is 0. The van der Waals surface area contributed by atoms with Crippen LogP contribution in [-0.4, -0.2) is 43.4 Å². The molecule has 0 aromatic heterocycles. The topological polar surface area (TPSA) is 58.7 Å². The number of ether oxygens (including phenoxy) is 1. The van der Waals surface area contributed by atoms with Crippen LogP contribution in [0.4, 0.5) is 5.69 Å². The minimum Gasteiger partial charge on any atom is -0.399 e. The number of benzene rings is 1. The number of aliphatic hydroxyl groups is 1. The van der Waals surface area contributed by atoms with E-state index in [-0.39, 0.29) is 0 Å². The van der Waals surface area contributed by atoms with Crippen molar-refractivity contribution in [1.82, 2.24) is 4.90 Å². The number of rotatable bonds is 6. The SMILES string of the molecule is COCC(O)CN(C)Cc1cccc(N)c1C. The van der Waals surface area contributed by atoms with Gasteiger partial charge in [-0.15, -0.1) is 0 Å². The molecular weight excluding hydrogens is 216 g/mol. The Morgan fingerprint density at radius 2 is 2.18 bits per heavy atom. The van der Waals surface area contributed by atoms with E-state index in [1.165, 1.54) is 5.56 Å². The Labute approximate surface area is 103 Å². The summed E-state index contributed by atoms with van der Waals surface area (Å²) in [5, 5.41) is 9.63. The molecule has 1 atom stereocenters. The van der Waals surface area contributed by atoms with Gasteiger partial charge in [0.25, 0.3) is 0 Å². The first-order chi connectivity index (χ1) is 8.04. The van der Waals surface area contributed by atoms with E-state index in [0.717, 1.165) is 17.8 Å². The fourth-order valence-corrected chi connectivity index (χ4v) is 1.83. The number of nitrogen functional groups attached to an aromatic ring is 1. The highest BCUT2D eigenvalue weighted by molar-refractivity contribution is 5.49. The summed E-state index contributed by atoms with van der Waals surface area (Å²) in [4.78, 5) is 2.06. The highest BCUT2D eigenvalue weighted by atomic mass is 16.5. The molecule has 0 saturated heterocycles. The molecule has 1 aromatic rings. The molecule has 0 spiro atoms. The van der Waals surface area contributed by atoms with Crippen molar-refractivity contribution in [3.63, 3.8) is 0 Å². The highest BCUT2D eigenvalue weighted by Crippen LogP contribution is 2.16. The van der Waals surface area contributed by atoms with E-state index >= 15 is 0 Å². The maximum atomic E-state index is 9.63. The lowest BCUT2D eigenvalue weighted by atomic mass is 10.1. The Morgan fingerprint density at radius 3 is 2.82 bits per heavy atom. The summed E-state index contributed by atoms with van der Waals surface area (Å²) in [6.45, 7) is 3.74. The summed E-state index contributed by atoms with van der Waals surface area (Å²) in [7, 11) is 3.56. The third-order valence-corrected chi connectivity index (χ3v) is 2.81. The average molecular weight is 238 g/mol. The second-order valence-corrected chi connectivity index (χ2v) is 4.44. The number of anilines is 1. The molecule has 0 aliphatic heterocycles. The van der Waals surface area contributed by atoms with Gasteiger partial charge in [-0.25, -0.2) is 0 Å². The highest BCUT2D eigenvalue weighted by Gasteiger charge is 2.09. The summed E-state index contributed by atoms with van der Waals surface area (Å²) in [6, 6.07) is 5.92. The summed E-state index contributed by atoms with van der Waals surface area (Å²) >= 11 is 0. The second-order valence-electron chi connectivity index (χ2n) is 4.44. The Kier molecular flexibility index (Phi) is 5.41. The summed E-state index contributed by atoms with van der Waals surface area (Å²) in [6.07, 6.45) is -0.452. The van der Waals surface area contributed by atoms with Crippen LogP contribution in [0.25, 0.3) is 0 Å². The van der Waals surface area contributed by atoms with Crippen LogP contribution < -0.4 is 5.73 Å². The molecule has 0 radical (unpaired) electrons. The van der Waals surface area contributed by atoms with Gasteiger partial charge in [-0.05, 0) is 31.2 Å². The number of nitrogens with two attached hydrogens (primary N) is 1. The molecular formula is C13H22N2O2. The largest absolute Gasteiger partial charge is 0.399 e. The molecule has 4 nitrogen and oxygen atoms in total. The summed E-state index contributed by atoms with van der Waals surface area (Å²) in [5.41, 5.74) is 8.97. The van der Waals surface area contributed by atoms with Gasteiger partial charge in [-0.2, -0.15) is 0 Å². The van der Waals surface area contributed by atoms with Crippen molar-refractivity contribution in [1.29, 1.82) is 0 Å². The van der Waals surface area contributed by atoms with Crippen LogP contribution in [0.3, 0.4) is 0 Å². The van der Waals surface area contributed by atoms with Crippen molar-refractivity contribution in [2.45, 2.75) is 19.6 Å². The molecule has 96 valence electrons. The molecule has 0 aliphatic carbocycles. The Morgan fingerprint density at radius 1 is 1.47 bits per heavy atom. The zero-order chi connectivity index (χ0) is 12.8. The molecule has 1 unspecified atom stereocenters. The first-order valence-electron chi connectivity index (χ1n) is 5.74. The first kappa shape index (κ1) is 14.0. The molecule has 0 heterocycles. The van der Waals surface area contributed by atoms with Gasteiger partial charge < -0.3 is 15.6 Å². The molecule has 17 heavy (non-hydrogen) atoms. The van der Waals surface area contributed by atoms with Gasteiger partial charge in [0.15, 0.2) is 0 Å². The van der Waals surface area contributed by atoms with E-state index in [2.05, 4.69) is 11.0 Å². The molecule has 3 N–H and O–H groups in total. The van der Waals surface area contributed by atoms with E-state index in [1.807, 2.05) is 26.1 Å². The van der Waals surface area contributed by atoms with Gasteiger partial charge in [-0.3, -0.25) is 4.90 Å². The minimum absolute atomic E-state index is 0.361. The number of hydrogen-bond acceptors (Lipinski definition) is 4. The van der Waals surface area contributed by atoms with Crippen LogP contribution in [0.1, 0.15) is 11.1 Å². The van der Waals surface area contributed by atoms with Gasteiger partial charge in [0.05, 0.1) is 12.7 Å². The first-order valence-corrected chi connectivity index (χ1v) is 5.74. The lowest BCUT2D eigenvalue weighted by Gasteiger charge is -2.21. The third kappa shape index (κ3) is 4.34. The zero-order valence-corrected chi connectivity index (χ0v) is 10.8. The fraction of sp³-hybridized carbons (Fsp3) is 0.538. The van der Waals surface area contributed by atoms with Crippen LogP contribution in [-0.2, 0) is 11.3 Å². The smallest absolute Gasteiger partial charge is 0.0900 e. The van der Waals surface area contributed by atoms with Crippen molar-refractivity contribution in [2.24, 2.45) is 0 Å². The quantitative estimate of drug-likeness (QED) is 0.726. The number of methoxy groups -OCH3 is 1. The van der Waals surface area contributed by atoms with E-state index in [0.29, 0.717) is 13.2 Å². The molecule has 0 amide bonds. The van der Waals surface area contributed by atoms with E-state index in [1.54, 1.807) is 7.11 Å². The molecule has 0 fully saturated rings. The van der Waals surface area contributed by atoms with Crippen LogP contribution in [0.2, 0.25) is 0 Å². The standard InChI is InChI=1S/C13H22N2O2/c1-10-11(5-4-6-13(10)14)7-15(2)8-12(16)9-17-3/h4-6,12,16H,7-9,14H2,1-3H3.